The number of nitrogens with one attached hydrogen (secondary N) is 2. The lowest BCUT2D eigenvalue weighted by atomic mass is 9.82. The van der Waals surface area contributed by atoms with Crippen molar-refractivity contribution in [1.29, 1.82) is 5.26 Å². The van der Waals surface area contributed by atoms with E-state index in [0.29, 0.717) is 24.0 Å². The van der Waals surface area contributed by atoms with Crippen molar-refractivity contribution in [2.75, 3.05) is 6.54 Å². The number of rotatable bonds is 5. The van der Waals surface area contributed by atoms with Crippen LogP contribution in [-0.2, 0) is 15.1 Å². The molecule has 7 heteroatoms. The molecule has 1 heterocycles. The standard InChI is InChI=1S/C24H24N4O3/c25-17-23(14-8-3-9-15-23)26-20(29)16-28-21(30)24(27-22(28)31,18-10-4-1-5-11-18)19-12-6-2-7-13-19/h1-2,4-7,10-13H,3,8-9,14-16H2,(H,26,29)(H,27,31). The molecule has 0 radical (unpaired) electrons. The van der Waals surface area contributed by atoms with Crippen LogP contribution in [-0.4, -0.2) is 34.8 Å². The monoisotopic (exact) mass is 416 g/mol. The van der Waals surface area contributed by atoms with Gasteiger partial charge in [-0.2, -0.15) is 5.26 Å². The van der Waals surface area contributed by atoms with Gasteiger partial charge in [0, 0.05) is 0 Å². The molecule has 0 aromatic heterocycles. The number of urea groups is 1. The summed E-state index contributed by atoms with van der Waals surface area (Å²) in [4.78, 5) is 40.2. The number of imide groups is 1. The Hall–Kier alpha value is -3.66. The summed E-state index contributed by atoms with van der Waals surface area (Å²) in [6.07, 6.45) is 3.91. The summed E-state index contributed by atoms with van der Waals surface area (Å²) in [6.45, 7) is -0.435. The van der Waals surface area contributed by atoms with E-state index in [-0.39, 0.29) is 0 Å². The van der Waals surface area contributed by atoms with E-state index in [0.717, 1.165) is 24.2 Å². The van der Waals surface area contributed by atoms with Crippen molar-refractivity contribution >= 4 is 17.8 Å². The van der Waals surface area contributed by atoms with Gasteiger partial charge in [-0.1, -0.05) is 79.9 Å². The van der Waals surface area contributed by atoms with E-state index >= 15 is 0 Å². The molecule has 1 aliphatic carbocycles. The largest absolute Gasteiger partial charge is 0.336 e. The Kier molecular flexibility index (Phi) is 5.47. The molecule has 1 aliphatic heterocycles. The second-order valence-corrected chi connectivity index (χ2v) is 8.11. The first kappa shape index (κ1) is 20.6. The third-order valence-electron chi connectivity index (χ3n) is 6.12. The molecule has 31 heavy (non-hydrogen) atoms. The number of hydrogen-bond acceptors (Lipinski definition) is 4. The normalized spacial score (nSPS) is 19.4. The summed E-state index contributed by atoms with van der Waals surface area (Å²) in [5, 5.41) is 15.2. The molecule has 2 aliphatic rings. The number of benzene rings is 2. The van der Waals surface area contributed by atoms with Gasteiger partial charge in [-0.25, -0.2) is 4.79 Å². The van der Waals surface area contributed by atoms with Gasteiger partial charge in [0.1, 0.15) is 12.1 Å². The topological polar surface area (TPSA) is 102 Å². The van der Waals surface area contributed by atoms with Gasteiger partial charge in [0.15, 0.2) is 5.54 Å². The number of hydrogen-bond donors (Lipinski definition) is 2. The predicted octanol–water partition coefficient (Wildman–Crippen LogP) is 2.82. The summed E-state index contributed by atoms with van der Waals surface area (Å²) in [5.74, 6) is -1.02. The van der Waals surface area contributed by atoms with Crippen molar-refractivity contribution in [2.45, 2.75) is 43.2 Å². The number of carbonyl (C=O) groups excluding carboxylic acids is 3. The zero-order chi connectivity index (χ0) is 21.9. The van der Waals surface area contributed by atoms with Gasteiger partial charge < -0.3 is 10.6 Å². The minimum absolute atomic E-state index is 0.435. The van der Waals surface area contributed by atoms with Crippen molar-refractivity contribution in [3.05, 3.63) is 71.8 Å². The summed E-state index contributed by atoms with van der Waals surface area (Å²) in [5.41, 5.74) is -1.10. The fourth-order valence-corrected chi connectivity index (χ4v) is 4.52. The van der Waals surface area contributed by atoms with Crippen molar-refractivity contribution in [1.82, 2.24) is 15.5 Å². The molecule has 158 valence electrons. The van der Waals surface area contributed by atoms with E-state index in [9.17, 15) is 19.6 Å². The van der Waals surface area contributed by atoms with Crippen LogP contribution in [0.1, 0.15) is 43.2 Å². The highest BCUT2D eigenvalue weighted by Gasteiger charge is 2.54. The smallest absolute Gasteiger partial charge is 0.326 e. The van der Waals surface area contributed by atoms with Crippen LogP contribution in [0.5, 0.6) is 0 Å². The fraction of sp³-hybridized carbons (Fsp3) is 0.333. The SMILES string of the molecule is N#CC1(NC(=O)CN2C(=O)NC(c3ccccc3)(c3ccccc3)C2=O)CCCCC1. The Morgan fingerprint density at radius 2 is 1.52 bits per heavy atom. The quantitative estimate of drug-likeness (QED) is 0.732. The van der Waals surface area contributed by atoms with Crippen LogP contribution in [0.4, 0.5) is 4.79 Å². The molecule has 1 saturated carbocycles. The number of nitrogens with zero attached hydrogens (tertiary/aromatic N) is 2. The Bertz CT molecular complexity index is 984. The van der Waals surface area contributed by atoms with Gasteiger partial charge in [-0.05, 0) is 24.0 Å². The van der Waals surface area contributed by atoms with E-state index in [2.05, 4.69) is 16.7 Å². The maximum Gasteiger partial charge on any atom is 0.326 e. The first-order valence-electron chi connectivity index (χ1n) is 10.5. The van der Waals surface area contributed by atoms with E-state index in [1.807, 2.05) is 12.1 Å². The summed E-state index contributed by atoms with van der Waals surface area (Å²) < 4.78 is 0. The maximum atomic E-state index is 13.6. The third kappa shape index (κ3) is 3.66. The van der Waals surface area contributed by atoms with Crippen molar-refractivity contribution in [3.8, 4) is 6.07 Å². The average Bonchev–Trinajstić information content (AvgIpc) is 3.06. The van der Waals surface area contributed by atoms with E-state index in [1.54, 1.807) is 48.5 Å². The van der Waals surface area contributed by atoms with Gasteiger partial charge in [0.25, 0.3) is 5.91 Å². The average molecular weight is 416 g/mol. The molecular formula is C24H24N4O3. The van der Waals surface area contributed by atoms with Crippen molar-refractivity contribution < 1.29 is 14.4 Å². The fourth-order valence-electron chi connectivity index (χ4n) is 4.52. The lowest BCUT2D eigenvalue weighted by Crippen LogP contribution is -2.52. The van der Waals surface area contributed by atoms with Crippen LogP contribution in [0, 0.1) is 11.3 Å². The van der Waals surface area contributed by atoms with Crippen LogP contribution < -0.4 is 10.6 Å². The van der Waals surface area contributed by atoms with Crippen LogP contribution in [0.25, 0.3) is 0 Å². The maximum absolute atomic E-state index is 13.6. The lowest BCUT2D eigenvalue weighted by molar-refractivity contribution is -0.134. The Morgan fingerprint density at radius 1 is 0.968 bits per heavy atom. The highest BCUT2D eigenvalue weighted by Crippen LogP contribution is 2.36. The van der Waals surface area contributed by atoms with Gasteiger partial charge in [-0.3, -0.25) is 14.5 Å². The number of nitriles is 1. The first-order valence-corrected chi connectivity index (χ1v) is 10.5. The molecule has 7 nitrogen and oxygen atoms in total. The van der Waals surface area contributed by atoms with E-state index in [1.165, 1.54) is 0 Å². The van der Waals surface area contributed by atoms with Gasteiger partial charge in [-0.15, -0.1) is 0 Å². The second kappa shape index (κ2) is 8.23. The molecule has 4 rings (SSSR count). The summed E-state index contributed by atoms with van der Waals surface area (Å²) >= 11 is 0. The number of amides is 4. The Balaban J connectivity index is 1.62. The van der Waals surface area contributed by atoms with Crippen molar-refractivity contribution in [3.63, 3.8) is 0 Å². The Morgan fingerprint density at radius 3 is 2.03 bits per heavy atom. The molecule has 0 atom stereocenters. The molecule has 0 bridgehead atoms. The molecule has 2 N–H and O–H groups in total. The molecule has 2 aromatic rings. The van der Waals surface area contributed by atoms with Crippen LogP contribution in [0.3, 0.4) is 0 Å². The first-order chi connectivity index (χ1) is 15.0. The molecule has 0 unspecified atom stereocenters. The van der Waals surface area contributed by atoms with Gasteiger partial charge in [0.05, 0.1) is 6.07 Å². The molecule has 2 fully saturated rings. The zero-order valence-electron chi connectivity index (χ0n) is 17.1. The summed E-state index contributed by atoms with van der Waals surface area (Å²) in [6, 6.07) is 19.6. The zero-order valence-corrected chi connectivity index (χ0v) is 17.1. The van der Waals surface area contributed by atoms with Crippen LogP contribution >= 0.6 is 0 Å². The molecule has 1 saturated heterocycles. The molecule has 2 aromatic carbocycles. The van der Waals surface area contributed by atoms with Gasteiger partial charge in [0.2, 0.25) is 5.91 Å². The number of carbonyl (C=O) groups is 3. The Labute approximate surface area is 181 Å². The van der Waals surface area contributed by atoms with Crippen LogP contribution in [0.2, 0.25) is 0 Å². The van der Waals surface area contributed by atoms with Gasteiger partial charge >= 0.3 is 6.03 Å². The van der Waals surface area contributed by atoms with Crippen molar-refractivity contribution in [2.24, 2.45) is 0 Å². The third-order valence-corrected chi connectivity index (χ3v) is 6.12. The highest BCUT2D eigenvalue weighted by atomic mass is 16.2. The van der Waals surface area contributed by atoms with Crippen LogP contribution in [0.15, 0.2) is 60.7 Å². The predicted molar refractivity (Wildman–Crippen MR) is 113 cm³/mol. The summed E-state index contributed by atoms with van der Waals surface area (Å²) in [7, 11) is 0. The molecule has 0 spiro atoms. The minimum Gasteiger partial charge on any atom is -0.336 e. The molecule has 4 amide bonds. The van der Waals surface area contributed by atoms with E-state index in [4.69, 9.17) is 0 Å². The minimum atomic E-state index is -1.41. The van der Waals surface area contributed by atoms with E-state index < -0.39 is 35.5 Å². The second-order valence-electron chi connectivity index (χ2n) is 8.11. The lowest BCUT2D eigenvalue weighted by Gasteiger charge is -2.32. The highest BCUT2D eigenvalue weighted by molar-refractivity contribution is 6.11. The molecular weight excluding hydrogens is 392 g/mol.